The van der Waals surface area contributed by atoms with Crippen LogP contribution in [0.3, 0.4) is 0 Å². The zero-order chi connectivity index (χ0) is 50.4. The van der Waals surface area contributed by atoms with E-state index in [1.54, 1.807) is 12.1 Å². The number of hydrogen-bond acceptors (Lipinski definition) is 14. The molecular weight excluding hydrogens is 899 g/mol. The number of phenols is 4. The maximum Gasteiger partial charge on any atom is 0.328 e. The summed E-state index contributed by atoms with van der Waals surface area (Å²) in [4.78, 5) is 96.5. The predicted octanol–water partition coefficient (Wildman–Crippen LogP) is -1.02. The Balaban J connectivity index is 1.35. The molecule has 0 aromatic heterocycles. The standard InChI is InChI=1S/C48H57N7O14/c1-26(57)41(48(68)69)54-44(64)37(23-29-8-16-33(60)17-9-29)51-46(66)40-3-2-20-55(40)47(67)38(24-30-10-18-34(61)19-11-30)52-45(65)39(25-56)53-43(63)36(22-28-6-14-32(59)15-7-28)50-42(62)35(49)21-27-4-12-31(58)13-5-27/h4-19,26,35-41,56-61H,2-3,20-25,49H2,1H3,(H,50,62)(H,51,66)(H,52,65)(H,53,63)(H,54,64)(H,68,69)/t26-,35+,36+,37+,38+,39+,40+,41+/m1/s1. The molecule has 4 aromatic rings. The third-order valence-electron chi connectivity index (χ3n) is 11.4. The quantitative estimate of drug-likeness (QED) is 0.0449. The normalized spacial score (nSPS) is 16.3. The second kappa shape index (κ2) is 24.3. The molecule has 368 valence electrons. The Bertz CT molecular complexity index is 2420. The number of carboxylic acids is 1. The summed E-state index contributed by atoms with van der Waals surface area (Å²) >= 11 is 0. The highest BCUT2D eigenvalue weighted by atomic mass is 16.4. The monoisotopic (exact) mass is 955 g/mol. The van der Waals surface area contributed by atoms with Gasteiger partial charge in [0.1, 0.15) is 53.2 Å². The number of aromatic hydroxyl groups is 4. The van der Waals surface area contributed by atoms with E-state index in [9.17, 15) is 69.3 Å². The molecule has 4 aromatic carbocycles. The number of nitrogens with two attached hydrogens (primary N) is 1. The number of nitrogens with one attached hydrogen (secondary N) is 5. The van der Waals surface area contributed by atoms with E-state index in [-0.39, 0.29) is 61.6 Å². The molecule has 1 saturated heterocycles. The van der Waals surface area contributed by atoms with Crippen LogP contribution in [0.5, 0.6) is 23.0 Å². The molecule has 0 aliphatic carbocycles. The van der Waals surface area contributed by atoms with E-state index in [0.29, 0.717) is 28.7 Å². The summed E-state index contributed by atoms with van der Waals surface area (Å²) < 4.78 is 0. The Hall–Kier alpha value is -7.75. The van der Waals surface area contributed by atoms with Gasteiger partial charge < -0.3 is 73.0 Å². The van der Waals surface area contributed by atoms with Gasteiger partial charge in [0, 0.05) is 25.8 Å². The summed E-state index contributed by atoms with van der Waals surface area (Å²) in [5.74, 6) is -6.97. The molecule has 8 atom stereocenters. The first-order valence-corrected chi connectivity index (χ1v) is 22.0. The van der Waals surface area contributed by atoms with Gasteiger partial charge in [-0.05, 0) is 97.0 Å². The minimum Gasteiger partial charge on any atom is -0.508 e. The molecule has 0 bridgehead atoms. The second-order valence-electron chi connectivity index (χ2n) is 16.8. The highest BCUT2D eigenvalue weighted by molar-refractivity contribution is 5.97. The molecule has 6 amide bonds. The van der Waals surface area contributed by atoms with E-state index in [2.05, 4.69) is 26.6 Å². The van der Waals surface area contributed by atoms with Crippen molar-refractivity contribution in [3.05, 3.63) is 119 Å². The number of carbonyl (C=O) groups is 7. The predicted molar refractivity (Wildman–Crippen MR) is 246 cm³/mol. The minimum absolute atomic E-state index is 0.00829. The summed E-state index contributed by atoms with van der Waals surface area (Å²) in [5, 5.41) is 81.7. The molecule has 1 heterocycles. The number of carbonyl (C=O) groups excluding carboxylic acids is 6. The van der Waals surface area contributed by atoms with Gasteiger partial charge in [0.25, 0.3) is 0 Å². The van der Waals surface area contributed by atoms with Crippen molar-refractivity contribution in [1.82, 2.24) is 31.5 Å². The van der Waals surface area contributed by atoms with Crippen LogP contribution >= 0.6 is 0 Å². The van der Waals surface area contributed by atoms with E-state index in [0.717, 1.165) is 6.92 Å². The number of hydrogen-bond donors (Lipinski definition) is 13. The van der Waals surface area contributed by atoms with Gasteiger partial charge in [0.15, 0.2) is 6.04 Å². The first-order valence-electron chi connectivity index (χ1n) is 22.0. The van der Waals surface area contributed by atoms with Crippen molar-refractivity contribution in [3.63, 3.8) is 0 Å². The lowest BCUT2D eigenvalue weighted by molar-refractivity contribution is -0.145. The van der Waals surface area contributed by atoms with Crippen LogP contribution in [0.25, 0.3) is 0 Å². The molecule has 1 aliphatic rings. The lowest BCUT2D eigenvalue weighted by Gasteiger charge is -2.31. The number of rotatable bonds is 22. The van der Waals surface area contributed by atoms with Crippen molar-refractivity contribution < 1.29 is 69.3 Å². The van der Waals surface area contributed by atoms with Gasteiger partial charge in [0.2, 0.25) is 35.4 Å². The third-order valence-corrected chi connectivity index (χ3v) is 11.4. The van der Waals surface area contributed by atoms with Crippen molar-refractivity contribution >= 4 is 41.4 Å². The molecule has 69 heavy (non-hydrogen) atoms. The fourth-order valence-electron chi connectivity index (χ4n) is 7.63. The van der Waals surface area contributed by atoms with Crippen LogP contribution in [-0.2, 0) is 59.2 Å². The van der Waals surface area contributed by atoms with Crippen LogP contribution in [0.4, 0.5) is 0 Å². The SMILES string of the molecule is C[C@@H](O)[C@H](NC(=O)[C@H](Cc1ccc(O)cc1)NC(=O)[C@@H]1CCCN1C(=O)[C@H](Cc1ccc(O)cc1)NC(=O)[C@H](CO)NC(=O)[C@H](Cc1ccc(O)cc1)NC(=O)[C@@H](N)Cc1ccc(O)cc1)C(=O)O. The average Bonchev–Trinajstić information content (AvgIpc) is 3.82. The Morgan fingerprint density at radius 3 is 1.38 bits per heavy atom. The van der Waals surface area contributed by atoms with Crippen molar-refractivity contribution in [2.24, 2.45) is 5.73 Å². The molecule has 14 N–H and O–H groups in total. The third kappa shape index (κ3) is 15.1. The summed E-state index contributed by atoms with van der Waals surface area (Å²) in [6, 6.07) is 13.0. The number of aliphatic carboxylic acids is 1. The Morgan fingerprint density at radius 2 is 0.942 bits per heavy atom. The Morgan fingerprint density at radius 1 is 0.565 bits per heavy atom. The largest absolute Gasteiger partial charge is 0.508 e. The molecule has 5 rings (SSSR count). The van der Waals surface area contributed by atoms with Gasteiger partial charge in [-0.2, -0.15) is 0 Å². The summed E-state index contributed by atoms with van der Waals surface area (Å²) in [5.41, 5.74) is 8.22. The van der Waals surface area contributed by atoms with Gasteiger partial charge in [-0.3, -0.25) is 28.8 Å². The first kappa shape index (κ1) is 52.2. The minimum atomic E-state index is -1.73. The number of likely N-dealkylation sites (tertiary alicyclic amines) is 1. The molecule has 0 spiro atoms. The van der Waals surface area contributed by atoms with Crippen LogP contribution < -0.4 is 32.3 Å². The number of aliphatic hydroxyl groups is 2. The van der Waals surface area contributed by atoms with E-state index < -0.39 is 96.4 Å². The maximum atomic E-state index is 14.6. The Kier molecular flexibility index (Phi) is 18.4. The van der Waals surface area contributed by atoms with Crippen LogP contribution in [0.15, 0.2) is 97.1 Å². The molecule has 21 heteroatoms. The van der Waals surface area contributed by atoms with E-state index in [1.165, 1.54) is 89.8 Å². The van der Waals surface area contributed by atoms with Crippen LogP contribution in [0.2, 0.25) is 0 Å². The zero-order valence-corrected chi connectivity index (χ0v) is 37.5. The van der Waals surface area contributed by atoms with Crippen LogP contribution in [0, 0.1) is 0 Å². The van der Waals surface area contributed by atoms with Crippen molar-refractivity contribution in [3.8, 4) is 23.0 Å². The van der Waals surface area contributed by atoms with Gasteiger partial charge in [-0.25, -0.2) is 4.79 Å². The summed E-state index contributed by atoms with van der Waals surface area (Å²) in [6.45, 7) is 0.203. The van der Waals surface area contributed by atoms with E-state index in [1.807, 2.05) is 0 Å². The van der Waals surface area contributed by atoms with Gasteiger partial charge >= 0.3 is 5.97 Å². The molecule has 1 aliphatic heterocycles. The van der Waals surface area contributed by atoms with Gasteiger partial charge in [-0.1, -0.05) is 48.5 Å². The summed E-state index contributed by atoms with van der Waals surface area (Å²) in [7, 11) is 0. The first-order chi connectivity index (χ1) is 32.8. The average molecular weight is 956 g/mol. The number of nitrogens with zero attached hydrogens (tertiary/aromatic N) is 1. The smallest absolute Gasteiger partial charge is 0.328 e. The number of phenolic OH excluding ortho intramolecular Hbond substituents is 4. The van der Waals surface area contributed by atoms with Crippen molar-refractivity contribution in [2.45, 2.75) is 93.8 Å². The molecule has 21 nitrogen and oxygen atoms in total. The molecule has 0 unspecified atom stereocenters. The molecule has 0 radical (unpaired) electrons. The Labute approximate surface area is 396 Å². The lowest BCUT2D eigenvalue weighted by Crippen LogP contribution is -2.61. The second-order valence-corrected chi connectivity index (χ2v) is 16.8. The summed E-state index contributed by atoms with van der Waals surface area (Å²) in [6.07, 6.45) is -1.61. The fraction of sp³-hybridized carbons (Fsp3) is 0.354. The van der Waals surface area contributed by atoms with Gasteiger partial charge in [-0.15, -0.1) is 0 Å². The molecule has 0 saturated carbocycles. The van der Waals surface area contributed by atoms with Gasteiger partial charge in [0.05, 0.1) is 18.8 Å². The highest BCUT2D eigenvalue weighted by Crippen LogP contribution is 2.22. The molecular formula is C48H57N7O14. The highest BCUT2D eigenvalue weighted by Gasteiger charge is 2.40. The van der Waals surface area contributed by atoms with E-state index in [4.69, 9.17) is 5.73 Å². The van der Waals surface area contributed by atoms with Crippen LogP contribution in [-0.4, -0.2) is 144 Å². The number of carboxylic acid groups (broad SMARTS) is 1. The number of aliphatic hydroxyl groups excluding tert-OH is 2. The van der Waals surface area contributed by atoms with Crippen molar-refractivity contribution in [1.29, 1.82) is 0 Å². The fourth-order valence-corrected chi connectivity index (χ4v) is 7.63. The van der Waals surface area contributed by atoms with Crippen molar-refractivity contribution in [2.75, 3.05) is 13.2 Å². The lowest BCUT2D eigenvalue weighted by atomic mass is 10.0. The topological polar surface area (TPSA) is 351 Å². The number of amides is 6. The van der Waals surface area contributed by atoms with E-state index >= 15 is 0 Å². The maximum absolute atomic E-state index is 14.6. The molecule has 1 fully saturated rings. The number of benzene rings is 4. The van der Waals surface area contributed by atoms with Crippen LogP contribution in [0.1, 0.15) is 42.0 Å². The zero-order valence-electron chi connectivity index (χ0n) is 37.5.